The molecule has 4 aromatic rings. The lowest BCUT2D eigenvalue weighted by Crippen LogP contribution is -2.16. The first kappa shape index (κ1) is 20.8. The van der Waals surface area contributed by atoms with E-state index in [0.717, 1.165) is 35.7 Å². The van der Waals surface area contributed by atoms with Gasteiger partial charge in [-0.3, -0.25) is 4.57 Å². The maximum absolute atomic E-state index is 13.4. The summed E-state index contributed by atoms with van der Waals surface area (Å²) in [4.78, 5) is 0. The normalized spacial score (nSPS) is 16.0. The Bertz CT molecular complexity index is 1160. The Kier molecular flexibility index (Phi) is 6.27. The van der Waals surface area contributed by atoms with Gasteiger partial charge in [0.05, 0.1) is 24.8 Å². The van der Waals surface area contributed by atoms with Gasteiger partial charge in [-0.25, -0.2) is 4.39 Å². The number of ether oxygens (including phenoxy) is 1. The van der Waals surface area contributed by atoms with Crippen molar-refractivity contribution in [2.45, 2.75) is 42.8 Å². The van der Waals surface area contributed by atoms with Gasteiger partial charge < -0.3 is 9.15 Å². The lowest BCUT2D eigenvalue weighted by atomic mass is 10.2. The molecule has 0 amide bonds. The molecule has 0 bridgehead atoms. The highest BCUT2D eigenvalue weighted by Gasteiger charge is 2.22. The van der Waals surface area contributed by atoms with Crippen molar-refractivity contribution in [3.8, 4) is 11.4 Å². The van der Waals surface area contributed by atoms with Gasteiger partial charge >= 0.3 is 0 Å². The van der Waals surface area contributed by atoms with Crippen LogP contribution in [0, 0.1) is 5.82 Å². The zero-order valence-corrected chi connectivity index (χ0v) is 18.2. The molecule has 0 N–H and O–H groups in total. The second-order valence-corrected chi connectivity index (χ2v) is 8.54. The first-order chi connectivity index (χ1) is 15.7. The first-order valence-electron chi connectivity index (χ1n) is 10.5. The highest BCUT2D eigenvalue weighted by Crippen LogP contribution is 2.28. The molecule has 5 rings (SSSR count). The summed E-state index contributed by atoms with van der Waals surface area (Å²) in [6, 6.07) is 16.3. The van der Waals surface area contributed by atoms with Crippen LogP contribution in [0.4, 0.5) is 4.39 Å². The summed E-state index contributed by atoms with van der Waals surface area (Å²) in [6.07, 6.45) is 2.76. The molecule has 2 aromatic heterocycles. The van der Waals surface area contributed by atoms with Crippen molar-refractivity contribution in [2.24, 2.45) is 0 Å². The van der Waals surface area contributed by atoms with E-state index in [2.05, 4.69) is 20.4 Å². The molecule has 1 atom stereocenters. The van der Waals surface area contributed by atoms with Crippen LogP contribution in [0.5, 0.6) is 0 Å². The number of hydrogen-bond donors (Lipinski definition) is 0. The summed E-state index contributed by atoms with van der Waals surface area (Å²) < 4.78 is 27.1. The summed E-state index contributed by atoms with van der Waals surface area (Å²) in [6.45, 7) is 1.42. The Morgan fingerprint density at radius 3 is 2.56 bits per heavy atom. The fourth-order valence-corrected chi connectivity index (χ4v) is 4.46. The molecule has 1 fully saturated rings. The average molecular weight is 452 g/mol. The van der Waals surface area contributed by atoms with Gasteiger partial charge in [0.2, 0.25) is 11.8 Å². The van der Waals surface area contributed by atoms with Gasteiger partial charge in [0.15, 0.2) is 11.0 Å². The number of nitrogens with zero attached hydrogens (tertiary/aromatic N) is 5. The molecule has 3 heterocycles. The van der Waals surface area contributed by atoms with Gasteiger partial charge in [-0.1, -0.05) is 42.1 Å². The predicted octanol–water partition coefficient (Wildman–Crippen LogP) is 4.53. The third kappa shape index (κ3) is 4.89. The average Bonchev–Trinajstić information content (AvgIpc) is 3.56. The van der Waals surface area contributed by atoms with Crippen molar-refractivity contribution in [2.75, 3.05) is 6.61 Å². The lowest BCUT2D eigenvalue weighted by molar-refractivity contribution is 0.0953. The molecule has 0 radical (unpaired) electrons. The minimum atomic E-state index is -0.281. The number of rotatable bonds is 8. The number of benzene rings is 2. The van der Waals surface area contributed by atoms with E-state index in [-0.39, 0.29) is 11.9 Å². The van der Waals surface area contributed by atoms with Crippen molar-refractivity contribution < 1.29 is 13.5 Å². The number of halogens is 1. The molecule has 1 saturated heterocycles. The van der Waals surface area contributed by atoms with E-state index in [4.69, 9.17) is 9.15 Å². The summed E-state index contributed by atoms with van der Waals surface area (Å²) in [7, 11) is 0. The van der Waals surface area contributed by atoms with Gasteiger partial charge in [0.1, 0.15) is 5.82 Å². The zero-order valence-electron chi connectivity index (χ0n) is 17.4. The van der Waals surface area contributed by atoms with Crippen LogP contribution in [0.3, 0.4) is 0 Å². The minimum absolute atomic E-state index is 0.116. The van der Waals surface area contributed by atoms with E-state index >= 15 is 0 Å². The molecular formula is C23H22FN5O2S. The maximum atomic E-state index is 13.4. The largest absolute Gasteiger partial charge is 0.424 e. The summed E-state index contributed by atoms with van der Waals surface area (Å²) in [5, 5.41) is 17.8. The van der Waals surface area contributed by atoms with Gasteiger partial charge in [0.25, 0.3) is 0 Å². The molecule has 32 heavy (non-hydrogen) atoms. The molecule has 0 saturated carbocycles. The van der Waals surface area contributed by atoms with Crippen molar-refractivity contribution >= 4 is 11.8 Å². The van der Waals surface area contributed by atoms with Crippen LogP contribution in [0.1, 0.15) is 30.2 Å². The smallest absolute Gasteiger partial charge is 0.226 e. The van der Waals surface area contributed by atoms with E-state index in [1.54, 1.807) is 12.1 Å². The zero-order chi connectivity index (χ0) is 21.8. The van der Waals surface area contributed by atoms with Crippen molar-refractivity contribution in [1.29, 1.82) is 0 Å². The van der Waals surface area contributed by atoms with E-state index < -0.39 is 0 Å². The number of aromatic nitrogens is 5. The van der Waals surface area contributed by atoms with E-state index in [0.29, 0.717) is 36.3 Å². The second-order valence-electron chi connectivity index (χ2n) is 7.60. The maximum Gasteiger partial charge on any atom is 0.226 e. The van der Waals surface area contributed by atoms with Crippen LogP contribution in [-0.4, -0.2) is 37.7 Å². The Hall–Kier alpha value is -3.04. The number of thioether (sulfide) groups is 1. The van der Waals surface area contributed by atoms with Crippen molar-refractivity contribution in [3.63, 3.8) is 0 Å². The van der Waals surface area contributed by atoms with Gasteiger partial charge in [-0.2, -0.15) is 0 Å². The van der Waals surface area contributed by atoms with Crippen LogP contribution in [0.25, 0.3) is 11.4 Å². The van der Waals surface area contributed by atoms with Crippen LogP contribution >= 0.6 is 11.8 Å². The fraction of sp³-hybridized carbons (Fsp3) is 0.304. The van der Waals surface area contributed by atoms with Crippen LogP contribution in [0.15, 0.2) is 64.2 Å². The van der Waals surface area contributed by atoms with Crippen LogP contribution < -0.4 is 0 Å². The first-order valence-corrected chi connectivity index (χ1v) is 11.5. The monoisotopic (exact) mass is 451 g/mol. The van der Waals surface area contributed by atoms with Gasteiger partial charge in [-0.15, -0.1) is 20.4 Å². The SMILES string of the molecule is Fc1ccc(-c2nnc(SCc3nnc(Cc4ccccc4)o3)n2CC2CCCO2)cc1. The Balaban J connectivity index is 1.32. The van der Waals surface area contributed by atoms with E-state index in [1.165, 1.54) is 23.9 Å². The van der Waals surface area contributed by atoms with E-state index in [9.17, 15) is 4.39 Å². The standard InChI is InChI=1S/C23H22FN5O2S/c24-18-10-8-17(9-11-18)22-27-28-23(29(22)14-19-7-4-12-30-19)32-15-21-26-25-20(31-21)13-16-5-2-1-3-6-16/h1-3,5-6,8-11,19H,4,7,12-15H2. The number of hydrogen-bond acceptors (Lipinski definition) is 7. The minimum Gasteiger partial charge on any atom is -0.424 e. The molecule has 7 nitrogen and oxygen atoms in total. The molecule has 0 aliphatic carbocycles. The summed E-state index contributed by atoms with van der Waals surface area (Å²) in [5.41, 5.74) is 1.93. The Morgan fingerprint density at radius 2 is 1.78 bits per heavy atom. The molecule has 164 valence electrons. The van der Waals surface area contributed by atoms with Crippen molar-refractivity contribution in [3.05, 3.63) is 77.8 Å². The van der Waals surface area contributed by atoms with Crippen molar-refractivity contribution in [1.82, 2.24) is 25.0 Å². The molecule has 0 spiro atoms. The quantitative estimate of drug-likeness (QED) is 0.364. The molecule has 9 heteroatoms. The Morgan fingerprint density at radius 1 is 0.969 bits per heavy atom. The molecule has 1 unspecified atom stereocenters. The third-order valence-corrected chi connectivity index (χ3v) is 6.21. The van der Waals surface area contributed by atoms with E-state index in [1.807, 2.05) is 34.9 Å². The van der Waals surface area contributed by atoms with Crippen LogP contribution in [0.2, 0.25) is 0 Å². The third-order valence-electron chi connectivity index (χ3n) is 5.26. The predicted molar refractivity (Wildman–Crippen MR) is 117 cm³/mol. The summed E-state index contributed by atoms with van der Waals surface area (Å²) in [5.74, 6) is 2.01. The second kappa shape index (κ2) is 9.62. The highest BCUT2D eigenvalue weighted by atomic mass is 32.2. The molecule has 1 aliphatic heterocycles. The highest BCUT2D eigenvalue weighted by molar-refractivity contribution is 7.98. The van der Waals surface area contributed by atoms with Gasteiger partial charge in [0, 0.05) is 12.2 Å². The molecular weight excluding hydrogens is 429 g/mol. The fourth-order valence-electron chi connectivity index (χ4n) is 3.68. The Labute approximate surface area is 189 Å². The molecule has 2 aromatic carbocycles. The summed E-state index contributed by atoms with van der Waals surface area (Å²) >= 11 is 1.49. The topological polar surface area (TPSA) is 78.9 Å². The molecule has 1 aliphatic rings. The lowest BCUT2D eigenvalue weighted by Gasteiger charge is -2.14. The van der Waals surface area contributed by atoms with Crippen LogP contribution in [-0.2, 0) is 23.5 Å². The van der Waals surface area contributed by atoms with Gasteiger partial charge in [-0.05, 0) is 42.7 Å².